The highest BCUT2D eigenvalue weighted by Gasteiger charge is 2.34. The van der Waals surface area contributed by atoms with Gasteiger partial charge in [-0.05, 0) is 35.0 Å². The van der Waals surface area contributed by atoms with Crippen molar-refractivity contribution in [3.8, 4) is 17.0 Å². The molecule has 0 unspecified atom stereocenters. The lowest BCUT2D eigenvalue weighted by Gasteiger charge is -2.27. The topological polar surface area (TPSA) is 111 Å². The van der Waals surface area contributed by atoms with E-state index in [1.165, 1.54) is 0 Å². The minimum Gasteiger partial charge on any atom is -0.494 e. The number of aromatic nitrogens is 6. The number of nitrogens with zero attached hydrogens (tertiary/aromatic N) is 5. The van der Waals surface area contributed by atoms with Crippen molar-refractivity contribution in [1.82, 2.24) is 30.4 Å². The average molecular weight is 387 g/mol. The standard InChI is InChI=1S/C20H17N7O2/c1-2-29-14-10-8-13(9-11-14)18-15-16(12-6-4-3-5-7-12)22-23-19(28)17(15)21-20-24-25-26-27(18)20/h3-11,18H,2H2,1H3,(H,23,28)(H,21,24,26)/t18-/m1/s1. The van der Waals surface area contributed by atoms with E-state index in [0.717, 1.165) is 16.9 Å². The van der Waals surface area contributed by atoms with Crippen LogP contribution in [0.25, 0.3) is 11.3 Å². The lowest BCUT2D eigenvalue weighted by molar-refractivity contribution is 0.340. The van der Waals surface area contributed by atoms with Crippen molar-refractivity contribution in [2.24, 2.45) is 0 Å². The van der Waals surface area contributed by atoms with Crippen LogP contribution in [0.15, 0.2) is 59.4 Å². The monoisotopic (exact) mass is 387 g/mol. The van der Waals surface area contributed by atoms with Crippen LogP contribution in [-0.4, -0.2) is 37.0 Å². The van der Waals surface area contributed by atoms with Gasteiger partial charge in [-0.1, -0.05) is 47.6 Å². The van der Waals surface area contributed by atoms with Crippen molar-refractivity contribution >= 4 is 11.6 Å². The number of ether oxygens (including phenoxy) is 1. The van der Waals surface area contributed by atoms with Gasteiger partial charge in [0.25, 0.3) is 5.56 Å². The van der Waals surface area contributed by atoms with E-state index in [1.54, 1.807) is 4.68 Å². The Kier molecular flexibility index (Phi) is 4.05. The molecule has 0 aliphatic carbocycles. The molecule has 9 nitrogen and oxygen atoms in total. The molecule has 0 amide bonds. The largest absolute Gasteiger partial charge is 0.494 e. The molecule has 0 saturated carbocycles. The molecule has 29 heavy (non-hydrogen) atoms. The van der Waals surface area contributed by atoms with E-state index in [0.29, 0.717) is 29.5 Å². The second kappa shape index (κ2) is 6.86. The maximum Gasteiger partial charge on any atom is 0.288 e. The van der Waals surface area contributed by atoms with Crippen molar-refractivity contribution in [2.45, 2.75) is 13.0 Å². The smallest absolute Gasteiger partial charge is 0.288 e. The molecule has 1 aliphatic rings. The molecule has 0 bridgehead atoms. The Balaban J connectivity index is 1.75. The molecule has 2 N–H and O–H groups in total. The highest BCUT2D eigenvalue weighted by molar-refractivity contribution is 5.75. The summed E-state index contributed by atoms with van der Waals surface area (Å²) >= 11 is 0. The Morgan fingerprint density at radius 2 is 1.90 bits per heavy atom. The van der Waals surface area contributed by atoms with E-state index >= 15 is 0 Å². The summed E-state index contributed by atoms with van der Waals surface area (Å²) in [5.74, 6) is 1.17. The molecule has 5 rings (SSSR count). The van der Waals surface area contributed by atoms with Crippen LogP contribution in [0.2, 0.25) is 0 Å². The Morgan fingerprint density at radius 3 is 2.66 bits per heavy atom. The molecule has 2 aromatic heterocycles. The van der Waals surface area contributed by atoms with Gasteiger partial charge < -0.3 is 10.1 Å². The van der Waals surface area contributed by atoms with Crippen molar-refractivity contribution < 1.29 is 4.74 Å². The molecule has 1 atom stereocenters. The van der Waals surface area contributed by atoms with Crippen LogP contribution in [0.3, 0.4) is 0 Å². The zero-order valence-electron chi connectivity index (χ0n) is 15.5. The normalized spacial score (nSPS) is 14.6. The van der Waals surface area contributed by atoms with Crippen LogP contribution in [0.1, 0.15) is 24.1 Å². The number of nitrogens with one attached hydrogen (secondary N) is 2. The van der Waals surface area contributed by atoms with Crippen LogP contribution in [0, 0.1) is 0 Å². The van der Waals surface area contributed by atoms with Crippen molar-refractivity contribution in [3.63, 3.8) is 0 Å². The van der Waals surface area contributed by atoms with Crippen molar-refractivity contribution in [3.05, 3.63) is 76.1 Å². The first-order valence-corrected chi connectivity index (χ1v) is 9.22. The summed E-state index contributed by atoms with van der Waals surface area (Å²) < 4.78 is 7.22. The Hall–Kier alpha value is -4.01. The number of fused-ring (bicyclic) bond motifs is 2. The van der Waals surface area contributed by atoms with Gasteiger partial charge in [0.05, 0.1) is 12.3 Å². The summed E-state index contributed by atoms with van der Waals surface area (Å²) in [6.07, 6.45) is 0. The van der Waals surface area contributed by atoms with Crippen LogP contribution in [0.4, 0.5) is 11.6 Å². The van der Waals surface area contributed by atoms with Gasteiger partial charge in [0.1, 0.15) is 17.5 Å². The fourth-order valence-corrected chi connectivity index (χ4v) is 3.57. The predicted octanol–water partition coefficient (Wildman–Crippen LogP) is 2.52. The van der Waals surface area contributed by atoms with E-state index in [4.69, 9.17) is 4.74 Å². The number of tetrazole rings is 1. The zero-order valence-corrected chi connectivity index (χ0v) is 15.5. The van der Waals surface area contributed by atoms with Crippen molar-refractivity contribution in [1.29, 1.82) is 0 Å². The molecular formula is C20H17N7O2. The summed E-state index contributed by atoms with van der Waals surface area (Å²) in [4.78, 5) is 12.6. The molecule has 0 spiro atoms. The lowest BCUT2D eigenvalue weighted by atomic mass is 9.92. The first-order valence-electron chi connectivity index (χ1n) is 9.22. The molecule has 0 radical (unpaired) electrons. The number of anilines is 2. The summed E-state index contributed by atoms with van der Waals surface area (Å²) in [6.45, 7) is 2.53. The van der Waals surface area contributed by atoms with Gasteiger partial charge in [0, 0.05) is 11.1 Å². The van der Waals surface area contributed by atoms with Gasteiger partial charge in [-0.25, -0.2) is 5.10 Å². The number of aromatic amines is 1. The molecule has 4 aromatic rings. The number of rotatable bonds is 4. The lowest BCUT2D eigenvalue weighted by Crippen LogP contribution is -2.29. The molecule has 1 aliphatic heterocycles. The minimum absolute atomic E-state index is 0.329. The van der Waals surface area contributed by atoms with Crippen molar-refractivity contribution in [2.75, 3.05) is 11.9 Å². The highest BCUT2D eigenvalue weighted by atomic mass is 16.5. The first-order chi connectivity index (χ1) is 14.3. The predicted molar refractivity (Wildman–Crippen MR) is 106 cm³/mol. The summed E-state index contributed by atoms with van der Waals surface area (Å²) in [5, 5.41) is 21.9. The van der Waals surface area contributed by atoms with Gasteiger partial charge >= 0.3 is 0 Å². The van der Waals surface area contributed by atoms with Crippen LogP contribution >= 0.6 is 0 Å². The molecule has 144 valence electrons. The third-order valence-electron chi connectivity index (χ3n) is 4.82. The summed E-state index contributed by atoms with van der Waals surface area (Å²) in [5.41, 5.74) is 3.23. The third kappa shape index (κ3) is 2.83. The minimum atomic E-state index is -0.420. The second-order valence-corrected chi connectivity index (χ2v) is 6.53. The number of hydrogen-bond donors (Lipinski definition) is 2. The highest BCUT2D eigenvalue weighted by Crippen LogP contribution is 2.41. The molecule has 3 heterocycles. The van der Waals surface area contributed by atoms with E-state index in [-0.39, 0.29) is 5.56 Å². The number of hydrogen-bond acceptors (Lipinski definition) is 7. The van der Waals surface area contributed by atoms with Crippen LogP contribution < -0.4 is 15.6 Å². The maximum absolute atomic E-state index is 12.6. The SMILES string of the molecule is CCOc1ccc([C@@H]2c3c(-c4ccccc4)n[nH]c(=O)c3Nc3nnnn32)cc1. The molecule has 0 fully saturated rings. The first kappa shape index (κ1) is 17.1. The van der Waals surface area contributed by atoms with Crippen LogP contribution in [0.5, 0.6) is 5.75 Å². The van der Waals surface area contributed by atoms with E-state index in [1.807, 2.05) is 61.5 Å². The fourth-order valence-electron chi connectivity index (χ4n) is 3.57. The average Bonchev–Trinajstić information content (AvgIpc) is 3.23. The van der Waals surface area contributed by atoms with Gasteiger partial charge in [-0.3, -0.25) is 4.79 Å². The fraction of sp³-hybridized carbons (Fsp3) is 0.150. The van der Waals surface area contributed by atoms with Gasteiger partial charge in [0.2, 0.25) is 5.95 Å². The van der Waals surface area contributed by atoms with E-state index < -0.39 is 6.04 Å². The van der Waals surface area contributed by atoms with E-state index in [9.17, 15) is 4.79 Å². The summed E-state index contributed by atoms with van der Waals surface area (Å²) in [6, 6.07) is 17.0. The van der Waals surface area contributed by atoms with E-state index in [2.05, 4.69) is 31.0 Å². The molecule has 9 heteroatoms. The van der Waals surface area contributed by atoms with Crippen LogP contribution in [-0.2, 0) is 0 Å². The molecule has 2 aromatic carbocycles. The second-order valence-electron chi connectivity index (χ2n) is 6.53. The van der Waals surface area contributed by atoms with Gasteiger partial charge in [-0.15, -0.1) is 0 Å². The Morgan fingerprint density at radius 1 is 1.10 bits per heavy atom. The Bertz CT molecular complexity index is 1220. The number of H-pyrrole nitrogens is 1. The zero-order chi connectivity index (χ0) is 19.8. The number of benzene rings is 2. The Labute approximate surface area is 165 Å². The maximum atomic E-state index is 12.6. The summed E-state index contributed by atoms with van der Waals surface area (Å²) in [7, 11) is 0. The molecule has 0 saturated heterocycles. The van der Waals surface area contributed by atoms with Gasteiger partial charge in [0.15, 0.2) is 0 Å². The third-order valence-corrected chi connectivity index (χ3v) is 4.82. The molecular weight excluding hydrogens is 370 g/mol. The van der Waals surface area contributed by atoms with Gasteiger partial charge in [-0.2, -0.15) is 9.78 Å². The quantitative estimate of drug-likeness (QED) is 0.487.